The highest BCUT2D eigenvalue weighted by molar-refractivity contribution is 6.34. The molecule has 0 aliphatic carbocycles. The van der Waals surface area contributed by atoms with Crippen molar-refractivity contribution in [2.45, 2.75) is 0 Å². The smallest absolute Gasteiger partial charge is 0.271 e. The van der Waals surface area contributed by atoms with Gasteiger partial charge in [-0.15, -0.1) is 0 Å². The van der Waals surface area contributed by atoms with E-state index in [1.54, 1.807) is 23.2 Å². The summed E-state index contributed by atoms with van der Waals surface area (Å²) in [5.74, 6) is -0.194. The fraction of sp³-hybridized carbons (Fsp3) is 0.118. The van der Waals surface area contributed by atoms with E-state index < -0.39 is 4.92 Å². The second-order valence-corrected chi connectivity index (χ2v) is 5.44. The zero-order chi connectivity index (χ0) is 16.6. The first kappa shape index (κ1) is 14.8. The lowest BCUT2D eigenvalue weighted by molar-refractivity contribution is -0.384. The molecule has 0 spiro atoms. The van der Waals surface area contributed by atoms with Crippen molar-refractivity contribution in [2.75, 3.05) is 19.0 Å². The number of carbonyl (C=O) groups is 1. The lowest BCUT2D eigenvalue weighted by Crippen LogP contribution is -2.21. The van der Waals surface area contributed by atoms with Crippen molar-refractivity contribution in [1.29, 1.82) is 0 Å². The van der Waals surface area contributed by atoms with Gasteiger partial charge >= 0.3 is 0 Å². The standard InChI is InChI=1S/C17H15N3O3/c1-18(2)11-15-14-8-3-4-9-16(14)19(17(15)21)12-6-5-7-13(10-12)20(22)23/h3-11H,1-2H3. The minimum atomic E-state index is -0.466. The number of non-ortho nitro benzene ring substituents is 1. The molecule has 0 saturated carbocycles. The number of anilines is 2. The molecule has 23 heavy (non-hydrogen) atoms. The normalized spacial score (nSPS) is 15.0. The molecule has 1 heterocycles. The Morgan fingerprint density at radius 3 is 2.57 bits per heavy atom. The van der Waals surface area contributed by atoms with Crippen LogP contribution in [0.3, 0.4) is 0 Å². The van der Waals surface area contributed by atoms with E-state index in [1.165, 1.54) is 17.0 Å². The van der Waals surface area contributed by atoms with Crippen LogP contribution in [0.1, 0.15) is 5.56 Å². The highest BCUT2D eigenvalue weighted by Crippen LogP contribution is 2.41. The van der Waals surface area contributed by atoms with Gasteiger partial charge < -0.3 is 4.90 Å². The number of benzene rings is 2. The van der Waals surface area contributed by atoms with E-state index >= 15 is 0 Å². The molecule has 6 nitrogen and oxygen atoms in total. The van der Waals surface area contributed by atoms with Gasteiger partial charge in [-0.25, -0.2) is 0 Å². The molecule has 0 bridgehead atoms. The summed E-state index contributed by atoms with van der Waals surface area (Å²) in [4.78, 5) is 26.7. The zero-order valence-electron chi connectivity index (χ0n) is 12.8. The average molecular weight is 309 g/mol. The van der Waals surface area contributed by atoms with Crippen LogP contribution in [-0.4, -0.2) is 29.8 Å². The number of nitrogens with zero attached hydrogens (tertiary/aromatic N) is 3. The van der Waals surface area contributed by atoms with E-state index in [9.17, 15) is 14.9 Å². The Hall–Kier alpha value is -3.15. The van der Waals surface area contributed by atoms with Crippen molar-refractivity contribution < 1.29 is 9.72 Å². The molecule has 1 amide bonds. The highest BCUT2D eigenvalue weighted by atomic mass is 16.6. The Morgan fingerprint density at radius 1 is 1.13 bits per heavy atom. The Bertz CT molecular complexity index is 827. The molecule has 3 rings (SSSR count). The van der Waals surface area contributed by atoms with Crippen LogP contribution in [0.4, 0.5) is 17.1 Å². The van der Waals surface area contributed by atoms with Gasteiger partial charge in [0.15, 0.2) is 0 Å². The molecule has 2 aromatic rings. The van der Waals surface area contributed by atoms with E-state index in [2.05, 4.69) is 0 Å². The van der Waals surface area contributed by atoms with Gasteiger partial charge in [0.1, 0.15) is 0 Å². The Morgan fingerprint density at radius 2 is 1.87 bits per heavy atom. The van der Waals surface area contributed by atoms with E-state index in [-0.39, 0.29) is 11.6 Å². The largest absolute Gasteiger partial charge is 0.383 e. The monoisotopic (exact) mass is 309 g/mol. The number of hydrogen-bond acceptors (Lipinski definition) is 4. The molecule has 6 heteroatoms. The SMILES string of the molecule is CN(C)C=C1C(=O)N(c2cccc([N+](=O)[O-])c2)c2ccccc21. The number of nitro benzene ring substituents is 1. The summed E-state index contributed by atoms with van der Waals surface area (Å²) < 4.78 is 0. The maximum absolute atomic E-state index is 12.8. The summed E-state index contributed by atoms with van der Waals surface area (Å²) >= 11 is 0. The molecule has 0 aromatic heterocycles. The van der Waals surface area contributed by atoms with Crippen LogP contribution in [0.2, 0.25) is 0 Å². The van der Waals surface area contributed by atoms with Crippen LogP contribution in [0.25, 0.3) is 5.57 Å². The van der Waals surface area contributed by atoms with Crippen molar-refractivity contribution >= 4 is 28.5 Å². The topological polar surface area (TPSA) is 66.7 Å². The minimum absolute atomic E-state index is 0.0437. The number of para-hydroxylation sites is 1. The molecule has 0 radical (unpaired) electrons. The predicted octanol–water partition coefficient (Wildman–Crippen LogP) is 3.18. The Balaban J connectivity index is 2.16. The van der Waals surface area contributed by atoms with E-state index in [4.69, 9.17) is 0 Å². The van der Waals surface area contributed by atoms with Crippen molar-refractivity contribution in [3.05, 3.63) is 70.4 Å². The van der Waals surface area contributed by atoms with Crippen molar-refractivity contribution in [2.24, 2.45) is 0 Å². The van der Waals surface area contributed by atoms with E-state index in [1.807, 2.05) is 38.4 Å². The average Bonchev–Trinajstić information content (AvgIpc) is 2.79. The molecule has 116 valence electrons. The van der Waals surface area contributed by atoms with Crippen LogP contribution in [-0.2, 0) is 4.79 Å². The Kier molecular flexibility index (Phi) is 3.57. The summed E-state index contributed by atoms with van der Waals surface area (Å²) in [7, 11) is 3.69. The first-order chi connectivity index (χ1) is 11.0. The summed E-state index contributed by atoms with van der Waals surface area (Å²) in [6.45, 7) is 0. The third-order valence-electron chi connectivity index (χ3n) is 3.55. The summed E-state index contributed by atoms with van der Waals surface area (Å²) in [6.07, 6.45) is 1.76. The van der Waals surface area contributed by atoms with Gasteiger partial charge in [0.05, 0.1) is 21.9 Å². The molecule has 1 aliphatic heterocycles. The molecular weight excluding hydrogens is 294 g/mol. The predicted molar refractivity (Wildman–Crippen MR) is 88.3 cm³/mol. The third kappa shape index (κ3) is 2.55. The van der Waals surface area contributed by atoms with Gasteiger partial charge in [-0.05, 0) is 12.1 Å². The second kappa shape index (κ2) is 5.57. The van der Waals surface area contributed by atoms with Gasteiger partial charge in [0, 0.05) is 38.0 Å². The lowest BCUT2D eigenvalue weighted by atomic mass is 10.1. The zero-order valence-corrected chi connectivity index (χ0v) is 12.8. The maximum Gasteiger partial charge on any atom is 0.271 e. The number of carbonyl (C=O) groups excluding carboxylic acids is 1. The lowest BCUT2D eigenvalue weighted by Gasteiger charge is -2.17. The summed E-state index contributed by atoms with van der Waals surface area (Å²) in [6, 6.07) is 13.5. The molecular formula is C17H15N3O3. The molecule has 0 unspecified atom stereocenters. The number of rotatable bonds is 3. The second-order valence-electron chi connectivity index (χ2n) is 5.44. The van der Waals surface area contributed by atoms with Crippen LogP contribution >= 0.6 is 0 Å². The fourth-order valence-electron chi connectivity index (χ4n) is 2.63. The van der Waals surface area contributed by atoms with Crippen molar-refractivity contribution in [1.82, 2.24) is 4.90 Å². The highest BCUT2D eigenvalue weighted by Gasteiger charge is 2.33. The van der Waals surface area contributed by atoms with Crippen LogP contribution in [0.15, 0.2) is 54.7 Å². The van der Waals surface area contributed by atoms with Crippen LogP contribution in [0.5, 0.6) is 0 Å². The molecule has 0 fully saturated rings. The maximum atomic E-state index is 12.8. The third-order valence-corrected chi connectivity index (χ3v) is 3.55. The molecule has 0 N–H and O–H groups in total. The first-order valence-corrected chi connectivity index (χ1v) is 7.05. The molecule has 1 aliphatic rings. The van der Waals surface area contributed by atoms with E-state index in [0.29, 0.717) is 11.3 Å². The van der Waals surface area contributed by atoms with Gasteiger partial charge in [0.2, 0.25) is 0 Å². The summed E-state index contributed by atoms with van der Waals surface area (Å²) in [5, 5.41) is 11.0. The molecule has 0 saturated heterocycles. The van der Waals surface area contributed by atoms with Gasteiger partial charge in [0.25, 0.3) is 11.6 Å². The quantitative estimate of drug-likeness (QED) is 0.496. The summed E-state index contributed by atoms with van der Waals surface area (Å²) in [5.41, 5.74) is 2.55. The van der Waals surface area contributed by atoms with E-state index in [0.717, 1.165) is 11.3 Å². The minimum Gasteiger partial charge on any atom is -0.383 e. The number of fused-ring (bicyclic) bond motifs is 1. The fourth-order valence-corrected chi connectivity index (χ4v) is 2.63. The first-order valence-electron chi connectivity index (χ1n) is 7.05. The van der Waals surface area contributed by atoms with Gasteiger partial charge in [-0.1, -0.05) is 24.3 Å². The number of nitro groups is 1. The molecule has 0 atom stereocenters. The number of hydrogen-bond donors (Lipinski definition) is 0. The van der Waals surface area contributed by atoms with Gasteiger partial charge in [-0.2, -0.15) is 0 Å². The van der Waals surface area contributed by atoms with Gasteiger partial charge in [-0.3, -0.25) is 19.8 Å². The number of amides is 1. The molecule has 2 aromatic carbocycles. The van der Waals surface area contributed by atoms with Crippen molar-refractivity contribution in [3.63, 3.8) is 0 Å². The van der Waals surface area contributed by atoms with Crippen molar-refractivity contribution in [3.8, 4) is 0 Å². The Labute approximate surface area is 133 Å². The van der Waals surface area contributed by atoms with Crippen LogP contribution < -0.4 is 4.90 Å². The van der Waals surface area contributed by atoms with Crippen LogP contribution in [0, 0.1) is 10.1 Å².